The van der Waals surface area contributed by atoms with Gasteiger partial charge in [0.05, 0.1) is 0 Å². The third kappa shape index (κ3) is 10.1. The van der Waals surface area contributed by atoms with E-state index in [0.29, 0.717) is 0 Å². The fourth-order valence-corrected chi connectivity index (χ4v) is 8.90. The van der Waals surface area contributed by atoms with E-state index in [-0.39, 0.29) is 0 Å². The Balaban J connectivity index is 0.000000370. The first-order valence-electron chi connectivity index (χ1n) is 23.0. The molecule has 9 aromatic rings. The number of unbranched alkanes of at least 4 members (excludes halogenated alkanes) is 1. The van der Waals surface area contributed by atoms with E-state index in [1.165, 1.54) is 128 Å². The highest BCUT2D eigenvalue weighted by molar-refractivity contribution is 9.11. The van der Waals surface area contributed by atoms with Crippen LogP contribution in [0.15, 0.2) is 204 Å². The molecule has 0 amide bonds. The number of allylic oxidation sites excluding steroid dienone is 6. The molecule has 0 radical (unpaired) electrons. The van der Waals surface area contributed by atoms with E-state index in [9.17, 15) is 0 Å². The van der Waals surface area contributed by atoms with Crippen LogP contribution in [0.3, 0.4) is 0 Å². The summed E-state index contributed by atoms with van der Waals surface area (Å²) in [5.74, 6) is 0. The molecule has 1 aliphatic rings. The minimum absolute atomic E-state index is 0.915. The van der Waals surface area contributed by atoms with Gasteiger partial charge in [0.1, 0.15) is 17.1 Å². The Morgan fingerprint density at radius 1 is 0.492 bits per heavy atom. The summed E-state index contributed by atoms with van der Waals surface area (Å²) in [6.45, 7) is 12.8. The lowest BCUT2D eigenvalue weighted by atomic mass is 9.95. The number of hydrogen-bond donors (Lipinski definition) is 1. The van der Waals surface area contributed by atoms with E-state index >= 15 is 0 Å². The molecule has 0 spiro atoms. The van der Waals surface area contributed by atoms with Crippen LogP contribution in [0, 0.1) is 0 Å². The van der Waals surface area contributed by atoms with Crippen LogP contribution in [-0.4, -0.2) is 0 Å². The Morgan fingerprint density at radius 3 is 1.30 bits per heavy atom. The van der Waals surface area contributed by atoms with Gasteiger partial charge in [0.25, 0.3) is 0 Å². The molecule has 0 bridgehead atoms. The van der Waals surface area contributed by atoms with Crippen molar-refractivity contribution in [3.8, 4) is 0 Å². The highest BCUT2D eigenvalue weighted by Gasteiger charge is 2.26. The monoisotopic (exact) mass is 886 g/mol. The lowest BCUT2D eigenvalue weighted by Crippen LogP contribution is -3.00. The van der Waals surface area contributed by atoms with Crippen molar-refractivity contribution in [3.63, 3.8) is 0 Å². The molecule has 0 heterocycles. The Kier molecular flexibility index (Phi) is 15.6. The SMILES string of the molecule is CC.CC/C=C(\C=C/c1cc2ccccc2c2ccccc12)[NH+](c1cc2ccccc2c2ccccc12)c1cc2ccccc2c2ccccc12.CC1=CC=C(Br)CC1.CCCC. The van der Waals surface area contributed by atoms with E-state index in [2.05, 4.69) is 238 Å². The number of nitrogens with one attached hydrogen (secondary N) is 1. The normalized spacial score (nSPS) is 12.8. The Bertz CT molecular complexity index is 2990. The molecule has 1 N–H and O–H groups in total. The van der Waals surface area contributed by atoms with Crippen molar-refractivity contribution in [1.82, 2.24) is 0 Å². The number of fused-ring (bicyclic) bond motifs is 9. The summed E-state index contributed by atoms with van der Waals surface area (Å²) in [6.07, 6.45) is 17.3. The highest BCUT2D eigenvalue weighted by Crippen LogP contribution is 2.36. The van der Waals surface area contributed by atoms with Crippen LogP contribution < -0.4 is 4.90 Å². The van der Waals surface area contributed by atoms with Crippen LogP contribution in [0.25, 0.3) is 70.7 Å². The van der Waals surface area contributed by atoms with E-state index in [1.54, 1.807) is 0 Å². The van der Waals surface area contributed by atoms with Gasteiger partial charge in [-0.25, -0.2) is 4.90 Å². The first kappa shape index (κ1) is 45.0. The van der Waals surface area contributed by atoms with Gasteiger partial charge < -0.3 is 0 Å². The second kappa shape index (κ2) is 21.8. The van der Waals surface area contributed by atoms with Crippen LogP contribution >= 0.6 is 15.9 Å². The predicted molar refractivity (Wildman–Crippen MR) is 284 cm³/mol. The minimum Gasteiger partial charge on any atom is -0.237 e. The largest absolute Gasteiger partial charge is 0.237 e. The molecule has 9 aromatic carbocycles. The molecule has 0 aromatic heterocycles. The first-order chi connectivity index (χ1) is 31.0. The van der Waals surface area contributed by atoms with E-state index < -0.39 is 0 Å². The molecule has 0 unspecified atom stereocenters. The fraction of sp³-hybridized carbons (Fsp3) is 0.180. The van der Waals surface area contributed by atoms with Gasteiger partial charge in [-0.1, -0.05) is 215 Å². The van der Waals surface area contributed by atoms with Gasteiger partial charge in [-0.15, -0.1) is 0 Å². The molecule has 1 nitrogen and oxygen atoms in total. The van der Waals surface area contributed by atoms with Gasteiger partial charge >= 0.3 is 0 Å². The number of rotatable bonds is 7. The van der Waals surface area contributed by atoms with Gasteiger partial charge in [-0.05, 0) is 120 Å². The molecule has 0 saturated heterocycles. The molecule has 1 aliphatic carbocycles. The van der Waals surface area contributed by atoms with Crippen LogP contribution in [0.1, 0.15) is 79.2 Å². The summed E-state index contributed by atoms with van der Waals surface area (Å²) < 4.78 is 1.32. The van der Waals surface area contributed by atoms with Gasteiger partial charge in [-0.2, -0.15) is 0 Å². The number of halogens is 1. The second-order valence-corrected chi connectivity index (χ2v) is 17.0. The molecule has 10 rings (SSSR count). The molecule has 0 atom stereocenters. The molecule has 2 heteroatoms. The van der Waals surface area contributed by atoms with Crippen LogP contribution in [-0.2, 0) is 0 Å². The standard InChI is InChI=1S/C48H35N.C7H9Br.C4H10.C2H6/c1-2-15-37(29-28-36-30-33-16-3-6-19-38(33)42-23-10-9-22-41(36)42)49(47-31-34-17-4-7-20-39(34)43-24-11-13-26-45(43)47)48-32-35-18-5-8-21-40(35)44-25-12-14-27-46(44)48;1-6-2-4-7(8)5-3-6;1-3-4-2;1-2/h3-32H,2H2,1H3;2,4H,3,5H2,1H3;3-4H2,1-2H3;1-2H3/p+1/b29-28-,37-15+;;;. The zero-order valence-corrected chi connectivity index (χ0v) is 39.5. The van der Waals surface area contributed by atoms with Crippen molar-refractivity contribution >= 4 is 98.0 Å². The van der Waals surface area contributed by atoms with Gasteiger partial charge in [0, 0.05) is 29.0 Å². The quantitative estimate of drug-likeness (QED) is 0.120. The fourth-order valence-electron chi connectivity index (χ4n) is 8.57. The molecule has 0 aliphatic heterocycles. The lowest BCUT2D eigenvalue weighted by Gasteiger charge is -2.24. The first-order valence-corrected chi connectivity index (χ1v) is 23.8. The number of quaternary nitrogens is 1. The third-order valence-corrected chi connectivity index (χ3v) is 12.5. The van der Waals surface area contributed by atoms with Crippen molar-refractivity contribution in [2.24, 2.45) is 0 Å². The summed E-state index contributed by atoms with van der Waals surface area (Å²) in [7, 11) is 0. The van der Waals surface area contributed by atoms with Crippen LogP contribution in [0.4, 0.5) is 11.4 Å². The summed E-state index contributed by atoms with van der Waals surface area (Å²) in [5.41, 5.74) is 6.43. The number of benzene rings is 9. The van der Waals surface area contributed by atoms with Crippen LogP contribution in [0.2, 0.25) is 0 Å². The summed E-state index contributed by atoms with van der Waals surface area (Å²) in [5, 5.41) is 15.2. The summed E-state index contributed by atoms with van der Waals surface area (Å²) in [6, 6.07) is 60.1. The lowest BCUT2D eigenvalue weighted by molar-refractivity contribution is -0.707. The molecule has 63 heavy (non-hydrogen) atoms. The summed E-state index contributed by atoms with van der Waals surface area (Å²) >= 11 is 3.43. The maximum Gasteiger partial charge on any atom is 0.149 e. The molecule has 316 valence electrons. The topological polar surface area (TPSA) is 4.44 Å². The van der Waals surface area contributed by atoms with Crippen molar-refractivity contribution in [2.75, 3.05) is 0 Å². The van der Waals surface area contributed by atoms with Crippen LogP contribution in [0.5, 0.6) is 0 Å². The highest BCUT2D eigenvalue weighted by atomic mass is 79.9. The Morgan fingerprint density at radius 2 is 0.889 bits per heavy atom. The van der Waals surface area contributed by atoms with Gasteiger partial charge in [-0.3, -0.25) is 0 Å². The van der Waals surface area contributed by atoms with Gasteiger partial charge in [0.2, 0.25) is 0 Å². The zero-order chi connectivity index (χ0) is 44.1. The molecular formula is C61H61BrN+. The third-order valence-electron chi connectivity index (χ3n) is 11.8. The van der Waals surface area contributed by atoms with Gasteiger partial charge in [0.15, 0.2) is 0 Å². The number of hydrogen-bond acceptors (Lipinski definition) is 0. The zero-order valence-electron chi connectivity index (χ0n) is 37.9. The van der Waals surface area contributed by atoms with Crippen molar-refractivity contribution in [3.05, 3.63) is 209 Å². The van der Waals surface area contributed by atoms with E-state index in [0.717, 1.165) is 6.42 Å². The molecule has 0 saturated carbocycles. The van der Waals surface area contributed by atoms with E-state index in [1.807, 2.05) is 13.8 Å². The molecular weight excluding hydrogens is 827 g/mol. The smallest absolute Gasteiger partial charge is 0.149 e. The Hall–Kier alpha value is -6.06. The maximum absolute atomic E-state index is 3.43. The van der Waals surface area contributed by atoms with Crippen molar-refractivity contribution < 1.29 is 4.90 Å². The summed E-state index contributed by atoms with van der Waals surface area (Å²) in [4.78, 5) is 1.26. The average Bonchev–Trinajstić information content (AvgIpc) is 3.35. The maximum atomic E-state index is 3.43. The van der Waals surface area contributed by atoms with Crippen molar-refractivity contribution in [1.29, 1.82) is 0 Å². The minimum atomic E-state index is 0.915. The average molecular weight is 888 g/mol. The molecule has 0 fully saturated rings. The van der Waals surface area contributed by atoms with E-state index in [4.69, 9.17) is 0 Å². The van der Waals surface area contributed by atoms with Crippen molar-refractivity contribution in [2.45, 2.75) is 73.6 Å². The predicted octanol–water partition coefficient (Wildman–Crippen LogP) is 18.3. The second-order valence-electron chi connectivity index (χ2n) is 16.0. The Labute approximate surface area is 383 Å².